The predicted molar refractivity (Wildman–Crippen MR) is 68.7 cm³/mol. The zero-order valence-corrected chi connectivity index (χ0v) is 11.3. The van der Waals surface area contributed by atoms with E-state index in [2.05, 4.69) is 19.2 Å². The molecule has 1 aliphatic heterocycles. The third-order valence-electron chi connectivity index (χ3n) is 2.87. The monoisotopic (exact) mass is 245 g/mol. The normalized spacial score (nSPS) is 22.4. The van der Waals surface area contributed by atoms with Gasteiger partial charge in [0.05, 0.1) is 7.11 Å². The SMILES string of the molecule is COC(=O)C(CC(C)C)NCC1CCSC1. The first kappa shape index (κ1) is 13.8. The third kappa shape index (κ3) is 4.74. The molecule has 1 N–H and O–H groups in total. The number of carbonyl (C=O) groups excluding carboxylic acids is 1. The number of hydrogen-bond acceptors (Lipinski definition) is 4. The van der Waals surface area contributed by atoms with Crippen molar-refractivity contribution in [1.82, 2.24) is 5.32 Å². The Morgan fingerprint density at radius 3 is 2.81 bits per heavy atom. The van der Waals surface area contributed by atoms with Gasteiger partial charge in [0.1, 0.15) is 6.04 Å². The number of esters is 1. The van der Waals surface area contributed by atoms with Crippen LogP contribution in [0, 0.1) is 11.8 Å². The van der Waals surface area contributed by atoms with E-state index < -0.39 is 0 Å². The van der Waals surface area contributed by atoms with E-state index in [1.165, 1.54) is 25.0 Å². The Morgan fingerprint density at radius 1 is 1.56 bits per heavy atom. The van der Waals surface area contributed by atoms with Crippen molar-refractivity contribution >= 4 is 17.7 Å². The van der Waals surface area contributed by atoms with Crippen LogP contribution in [0.4, 0.5) is 0 Å². The van der Waals surface area contributed by atoms with Crippen LogP contribution in [0.1, 0.15) is 26.7 Å². The van der Waals surface area contributed by atoms with E-state index in [1.54, 1.807) is 0 Å². The second-order valence-corrected chi connectivity index (χ2v) is 5.99. The van der Waals surface area contributed by atoms with Crippen molar-refractivity contribution in [2.45, 2.75) is 32.7 Å². The van der Waals surface area contributed by atoms with Crippen LogP contribution in [0.2, 0.25) is 0 Å². The fraction of sp³-hybridized carbons (Fsp3) is 0.917. The van der Waals surface area contributed by atoms with Gasteiger partial charge >= 0.3 is 5.97 Å². The lowest BCUT2D eigenvalue weighted by Gasteiger charge is -2.20. The number of nitrogens with one attached hydrogen (secondary N) is 1. The first-order chi connectivity index (χ1) is 7.63. The molecule has 0 aliphatic carbocycles. The molecule has 0 amide bonds. The first-order valence-corrected chi connectivity index (χ1v) is 7.18. The summed E-state index contributed by atoms with van der Waals surface area (Å²) < 4.78 is 4.82. The fourth-order valence-corrected chi connectivity index (χ4v) is 3.21. The van der Waals surface area contributed by atoms with Crippen LogP contribution in [-0.2, 0) is 9.53 Å². The van der Waals surface area contributed by atoms with Gasteiger partial charge in [0.25, 0.3) is 0 Å². The van der Waals surface area contributed by atoms with E-state index >= 15 is 0 Å². The van der Waals surface area contributed by atoms with Gasteiger partial charge in [0.15, 0.2) is 0 Å². The van der Waals surface area contributed by atoms with E-state index in [4.69, 9.17) is 4.74 Å². The molecule has 1 heterocycles. The lowest BCUT2D eigenvalue weighted by atomic mass is 10.0. The van der Waals surface area contributed by atoms with Crippen LogP contribution in [0.5, 0.6) is 0 Å². The van der Waals surface area contributed by atoms with Crippen molar-refractivity contribution < 1.29 is 9.53 Å². The van der Waals surface area contributed by atoms with Gasteiger partial charge in [0.2, 0.25) is 0 Å². The molecule has 0 saturated carbocycles. The maximum absolute atomic E-state index is 11.6. The van der Waals surface area contributed by atoms with Crippen molar-refractivity contribution in [3.63, 3.8) is 0 Å². The van der Waals surface area contributed by atoms with Gasteiger partial charge in [-0.3, -0.25) is 4.79 Å². The first-order valence-electron chi connectivity index (χ1n) is 6.02. The molecule has 0 aromatic rings. The lowest BCUT2D eigenvalue weighted by molar-refractivity contribution is -0.143. The van der Waals surface area contributed by atoms with Crippen molar-refractivity contribution in [3.8, 4) is 0 Å². The Labute approximate surface area is 103 Å². The molecule has 16 heavy (non-hydrogen) atoms. The summed E-state index contributed by atoms with van der Waals surface area (Å²) in [5.41, 5.74) is 0. The number of hydrogen-bond donors (Lipinski definition) is 1. The minimum Gasteiger partial charge on any atom is -0.468 e. The molecule has 0 spiro atoms. The molecular weight excluding hydrogens is 222 g/mol. The Hall–Kier alpha value is -0.220. The lowest BCUT2D eigenvalue weighted by Crippen LogP contribution is -2.41. The van der Waals surface area contributed by atoms with Gasteiger partial charge in [0, 0.05) is 0 Å². The molecule has 3 nitrogen and oxygen atoms in total. The molecule has 2 atom stereocenters. The molecule has 94 valence electrons. The van der Waals surface area contributed by atoms with Crippen LogP contribution in [0.25, 0.3) is 0 Å². The molecule has 0 bridgehead atoms. The molecule has 0 aromatic heterocycles. The summed E-state index contributed by atoms with van der Waals surface area (Å²) in [5.74, 6) is 3.60. The van der Waals surface area contributed by atoms with Crippen molar-refractivity contribution in [3.05, 3.63) is 0 Å². The van der Waals surface area contributed by atoms with Crippen LogP contribution in [0.3, 0.4) is 0 Å². The Morgan fingerprint density at radius 2 is 2.31 bits per heavy atom. The summed E-state index contributed by atoms with van der Waals surface area (Å²) >= 11 is 2.01. The Balaban J connectivity index is 2.33. The van der Waals surface area contributed by atoms with Crippen molar-refractivity contribution in [1.29, 1.82) is 0 Å². The van der Waals surface area contributed by atoms with Crippen LogP contribution >= 0.6 is 11.8 Å². The van der Waals surface area contributed by atoms with E-state index in [1.807, 2.05) is 11.8 Å². The van der Waals surface area contributed by atoms with E-state index in [9.17, 15) is 4.79 Å². The van der Waals surface area contributed by atoms with Gasteiger partial charge in [-0.05, 0) is 42.7 Å². The minimum atomic E-state index is -0.129. The highest BCUT2D eigenvalue weighted by Crippen LogP contribution is 2.22. The fourth-order valence-electron chi connectivity index (χ4n) is 1.93. The second-order valence-electron chi connectivity index (χ2n) is 4.84. The zero-order valence-electron chi connectivity index (χ0n) is 10.5. The van der Waals surface area contributed by atoms with Crippen LogP contribution in [0.15, 0.2) is 0 Å². The van der Waals surface area contributed by atoms with E-state index in [-0.39, 0.29) is 12.0 Å². The summed E-state index contributed by atoms with van der Waals surface area (Å²) in [6.07, 6.45) is 2.12. The maximum atomic E-state index is 11.6. The summed E-state index contributed by atoms with van der Waals surface area (Å²) in [6.45, 7) is 5.20. The highest BCUT2D eigenvalue weighted by atomic mass is 32.2. The Bertz CT molecular complexity index is 215. The predicted octanol–water partition coefficient (Wildman–Crippen LogP) is 1.92. The zero-order chi connectivity index (χ0) is 12.0. The standard InChI is InChI=1S/C12H23NO2S/c1-9(2)6-11(12(14)15-3)13-7-10-4-5-16-8-10/h9-11,13H,4-8H2,1-3H3. The molecule has 1 saturated heterocycles. The topological polar surface area (TPSA) is 38.3 Å². The molecule has 1 rings (SSSR count). The van der Waals surface area contributed by atoms with Gasteiger partial charge in [-0.1, -0.05) is 13.8 Å². The number of carbonyl (C=O) groups is 1. The minimum absolute atomic E-state index is 0.126. The van der Waals surface area contributed by atoms with Crippen LogP contribution < -0.4 is 5.32 Å². The van der Waals surface area contributed by atoms with E-state index in [0.717, 1.165) is 18.9 Å². The van der Waals surface area contributed by atoms with Gasteiger partial charge in [-0.2, -0.15) is 11.8 Å². The average Bonchev–Trinajstić information content (AvgIpc) is 2.75. The van der Waals surface area contributed by atoms with E-state index in [0.29, 0.717) is 5.92 Å². The van der Waals surface area contributed by atoms with Crippen molar-refractivity contribution in [2.75, 3.05) is 25.2 Å². The molecule has 0 aromatic carbocycles. The highest BCUT2D eigenvalue weighted by Gasteiger charge is 2.22. The maximum Gasteiger partial charge on any atom is 0.322 e. The average molecular weight is 245 g/mol. The largest absolute Gasteiger partial charge is 0.468 e. The molecule has 2 unspecified atom stereocenters. The summed E-state index contributed by atoms with van der Waals surface area (Å²) in [7, 11) is 1.46. The number of thioether (sulfide) groups is 1. The summed E-state index contributed by atoms with van der Waals surface area (Å²) in [6, 6.07) is -0.129. The second kappa shape index (κ2) is 7.17. The third-order valence-corrected chi connectivity index (χ3v) is 4.10. The number of methoxy groups -OCH3 is 1. The smallest absolute Gasteiger partial charge is 0.322 e. The molecule has 1 fully saturated rings. The van der Waals surface area contributed by atoms with Crippen molar-refractivity contribution in [2.24, 2.45) is 11.8 Å². The quantitative estimate of drug-likeness (QED) is 0.726. The molecular formula is C12H23NO2S. The highest BCUT2D eigenvalue weighted by molar-refractivity contribution is 7.99. The van der Waals surface area contributed by atoms with Gasteiger partial charge in [-0.25, -0.2) is 0 Å². The number of rotatable bonds is 6. The summed E-state index contributed by atoms with van der Waals surface area (Å²) in [5, 5.41) is 3.36. The Kier molecular flexibility index (Phi) is 6.21. The van der Waals surface area contributed by atoms with Crippen LogP contribution in [-0.4, -0.2) is 37.2 Å². The molecule has 0 radical (unpaired) electrons. The molecule has 4 heteroatoms. The van der Waals surface area contributed by atoms with Gasteiger partial charge in [-0.15, -0.1) is 0 Å². The number of ether oxygens (including phenoxy) is 1. The summed E-state index contributed by atoms with van der Waals surface area (Å²) in [4.78, 5) is 11.6. The van der Waals surface area contributed by atoms with Gasteiger partial charge < -0.3 is 10.1 Å². The molecule has 1 aliphatic rings.